The average Bonchev–Trinajstić information content (AvgIpc) is 3.04. The van der Waals surface area contributed by atoms with Gasteiger partial charge < -0.3 is 5.32 Å². The highest BCUT2D eigenvalue weighted by Crippen LogP contribution is 2.42. The van der Waals surface area contributed by atoms with E-state index in [4.69, 9.17) is 16.6 Å². The van der Waals surface area contributed by atoms with Crippen molar-refractivity contribution in [3.05, 3.63) is 74.9 Å². The second-order valence-electron chi connectivity index (χ2n) is 6.10. The molecular weight excluding hydrogens is 396 g/mol. The Hall–Kier alpha value is -2.08. The molecule has 0 radical (unpaired) electrons. The quantitative estimate of drug-likeness (QED) is 0.435. The molecule has 0 atom stereocenters. The number of nitrogens with zero attached hydrogens (tertiary/aromatic N) is 1. The first-order chi connectivity index (χ1) is 13.2. The third-order valence-corrected chi connectivity index (χ3v) is 6.54. The number of carbonyl (C=O) groups is 1. The molecule has 0 aliphatic carbocycles. The van der Waals surface area contributed by atoms with Crippen LogP contribution in [-0.4, -0.2) is 18.2 Å². The predicted molar refractivity (Wildman–Crippen MR) is 114 cm³/mol. The number of hydrogen-bond donors (Lipinski definition) is 1. The Morgan fingerprint density at radius 1 is 1.11 bits per heavy atom. The molecular formula is C21H17ClN2OS2. The number of carbonyl (C=O) groups excluding carboxylic acids is 1. The molecule has 136 valence electrons. The number of fused-ring (bicyclic) bond motifs is 2. The summed E-state index contributed by atoms with van der Waals surface area (Å²) in [7, 11) is 0. The first kappa shape index (κ1) is 18.3. The number of aliphatic imine (C=N–C) groups is 1. The molecule has 1 aliphatic heterocycles. The highest BCUT2D eigenvalue weighted by atomic mass is 35.5. The Bertz CT molecular complexity index is 1040. The van der Waals surface area contributed by atoms with Crippen molar-refractivity contribution in [3.8, 4) is 0 Å². The van der Waals surface area contributed by atoms with Crippen LogP contribution in [0.4, 0.5) is 5.69 Å². The Morgan fingerprint density at radius 2 is 1.96 bits per heavy atom. The molecule has 27 heavy (non-hydrogen) atoms. The van der Waals surface area contributed by atoms with Gasteiger partial charge in [0.25, 0.3) is 5.91 Å². The van der Waals surface area contributed by atoms with Gasteiger partial charge in [0.15, 0.2) is 0 Å². The number of nitrogens with one attached hydrogen (secondary N) is 1. The third kappa shape index (κ3) is 3.81. The maximum atomic E-state index is 12.4. The molecule has 1 aromatic heterocycles. The highest BCUT2D eigenvalue weighted by molar-refractivity contribution is 7.99. The third-order valence-electron chi connectivity index (χ3n) is 4.16. The lowest BCUT2D eigenvalue weighted by Crippen LogP contribution is -2.23. The van der Waals surface area contributed by atoms with Gasteiger partial charge in [0, 0.05) is 27.5 Å². The topological polar surface area (TPSA) is 41.5 Å². The van der Waals surface area contributed by atoms with E-state index in [1.165, 1.54) is 11.3 Å². The van der Waals surface area contributed by atoms with Crippen LogP contribution in [-0.2, 0) is 0 Å². The van der Waals surface area contributed by atoms with E-state index in [1.807, 2.05) is 49.4 Å². The maximum absolute atomic E-state index is 12.4. The van der Waals surface area contributed by atoms with E-state index in [9.17, 15) is 4.79 Å². The van der Waals surface area contributed by atoms with Crippen molar-refractivity contribution >= 4 is 52.0 Å². The van der Waals surface area contributed by atoms with Crippen LogP contribution in [0, 0.1) is 0 Å². The summed E-state index contributed by atoms with van der Waals surface area (Å²) in [6.45, 7) is 2.70. The molecule has 0 bridgehead atoms. The molecule has 6 heteroatoms. The molecule has 0 saturated heterocycles. The van der Waals surface area contributed by atoms with Crippen molar-refractivity contribution in [2.45, 2.75) is 23.1 Å². The SMILES string of the molecule is CCCNC(=O)c1ccc2c(c1)N=C(c1ccc(Cl)s1)c1ccccc1S2. The van der Waals surface area contributed by atoms with Gasteiger partial charge in [-0.1, -0.05) is 48.5 Å². The van der Waals surface area contributed by atoms with Crippen molar-refractivity contribution in [1.82, 2.24) is 5.32 Å². The molecule has 1 amide bonds. The van der Waals surface area contributed by atoms with E-state index < -0.39 is 0 Å². The van der Waals surface area contributed by atoms with E-state index in [2.05, 4.69) is 17.4 Å². The lowest BCUT2D eigenvalue weighted by Gasteiger charge is -2.07. The minimum Gasteiger partial charge on any atom is -0.352 e. The molecule has 0 spiro atoms. The van der Waals surface area contributed by atoms with Crippen molar-refractivity contribution in [1.29, 1.82) is 0 Å². The number of benzene rings is 2. The first-order valence-electron chi connectivity index (χ1n) is 8.69. The van der Waals surface area contributed by atoms with Gasteiger partial charge in [0.1, 0.15) is 0 Å². The summed E-state index contributed by atoms with van der Waals surface area (Å²) in [5.74, 6) is -0.0673. The summed E-state index contributed by atoms with van der Waals surface area (Å²) >= 11 is 9.35. The number of halogens is 1. The van der Waals surface area contributed by atoms with Crippen molar-refractivity contribution in [2.24, 2.45) is 4.99 Å². The summed E-state index contributed by atoms with van der Waals surface area (Å²) in [4.78, 5) is 20.5. The van der Waals surface area contributed by atoms with Gasteiger partial charge in [-0.15, -0.1) is 11.3 Å². The van der Waals surface area contributed by atoms with Crippen LogP contribution in [0.15, 0.2) is 69.4 Å². The Labute approximate surface area is 171 Å². The molecule has 1 N–H and O–H groups in total. The molecule has 4 rings (SSSR count). The maximum Gasteiger partial charge on any atom is 0.251 e. The fourth-order valence-corrected chi connectivity index (χ4v) is 4.90. The van der Waals surface area contributed by atoms with Crippen molar-refractivity contribution in [2.75, 3.05) is 6.54 Å². The molecule has 0 saturated carbocycles. The molecule has 2 heterocycles. The lowest BCUT2D eigenvalue weighted by molar-refractivity contribution is 0.0953. The van der Waals surface area contributed by atoms with E-state index in [-0.39, 0.29) is 5.91 Å². The molecule has 3 aromatic rings. The number of rotatable bonds is 4. The fraction of sp³-hybridized carbons (Fsp3) is 0.143. The van der Waals surface area contributed by atoms with E-state index >= 15 is 0 Å². The Morgan fingerprint density at radius 3 is 2.74 bits per heavy atom. The zero-order chi connectivity index (χ0) is 18.8. The summed E-state index contributed by atoms with van der Waals surface area (Å²) in [5.41, 5.74) is 3.40. The van der Waals surface area contributed by atoms with Gasteiger partial charge in [-0.3, -0.25) is 4.79 Å². The molecule has 0 unspecified atom stereocenters. The second-order valence-corrected chi connectivity index (χ2v) is 8.90. The number of amides is 1. The van der Waals surface area contributed by atoms with Crippen LogP contribution in [0.3, 0.4) is 0 Å². The predicted octanol–water partition coefficient (Wildman–Crippen LogP) is 6.18. The summed E-state index contributed by atoms with van der Waals surface area (Å²) in [6.07, 6.45) is 0.906. The van der Waals surface area contributed by atoms with Crippen molar-refractivity contribution in [3.63, 3.8) is 0 Å². The van der Waals surface area contributed by atoms with Crippen LogP contribution >= 0.6 is 34.7 Å². The highest BCUT2D eigenvalue weighted by Gasteiger charge is 2.20. The second kappa shape index (κ2) is 7.89. The molecule has 0 fully saturated rings. The zero-order valence-corrected chi connectivity index (χ0v) is 17.0. The van der Waals surface area contributed by atoms with Gasteiger partial charge in [-0.2, -0.15) is 0 Å². The molecule has 1 aliphatic rings. The van der Waals surface area contributed by atoms with Gasteiger partial charge in [0.2, 0.25) is 0 Å². The first-order valence-corrected chi connectivity index (χ1v) is 10.7. The van der Waals surface area contributed by atoms with Crippen LogP contribution in [0.2, 0.25) is 4.34 Å². The largest absolute Gasteiger partial charge is 0.352 e. The number of hydrogen-bond acceptors (Lipinski definition) is 4. The van der Waals surface area contributed by atoms with E-state index in [0.717, 1.165) is 42.4 Å². The summed E-state index contributed by atoms with van der Waals surface area (Å²) < 4.78 is 0.731. The van der Waals surface area contributed by atoms with Crippen LogP contribution in [0.5, 0.6) is 0 Å². The minimum absolute atomic E-state index is 0.0673. The monoisotopic (exact) mass is 412 g/mol. The molecule has 2 aromatic carbocycles. The average molecular weight is 413 g/mol. The zero-order valence-electron chi connectivity index (χ0n) is 14.7. The fourth-order valence-electron chi connectivity index (χ4n) is 2.85. The smallest absolute Gasteiger partial charge is 0.251 e. The van der Waals surface area contributed by atoms with Gasteiger partial charge in [0.05, 0.1) is 20.6 Å². The minimum atomic E-state index is -0.0673. The summed E-state index contributed by atoms with van der Waals surface area (Å²) in [6, 6.07) is 17.8. The molecule has 3 nitrogen and oxygen atoms in total. The normalized spacial score (nSPS) is 12.6. The summed E-state index contributed by atoms with van der Waals surface area (Å²) in [5, 5.41) is 2.92. The van der Waals surface area contributed by atoms with Crippen LogP contribution in [0.25, 0.3) is 0 Å². The Kier molecular flexibility index (Phi) is 5.34. The van der Waals surface area contributed by atoms with Gasteiger partial charge in [-0.05, 0) is 42.8 Å². The Balaban J connectivity index is 1.83. The van der Waals surface area contributed by atoms with Crippen molar-refractivity contribution < 1.29 is 4.79 Å². The van der Waals surface area contributed by atoms with Gasteiger partial charge >= 0.3 is 0 Å². The van der Waals surface area contributed by atoms with E-state index in [0.29, 0.717) is 12.1 Å². The lowest BCUT2D eigenvalue weighted by atomic mass is 10.1. The van der Waals surface area contributed by atoms with Crippen LogP contribution < -0.4 is 5.32 Å². The standard InChI is InChI=1S/C21H17ClN2OS2/c1-2-11-23-21(25)13-7-8-17-15(12-13)24-20(18-9-10-19(22)27-18)14-5-3-4-6-16(14)26-17/h3-10,12H,2,11H2,1H3,(H,23,25). The number of thiophene rings is 1. The van der Waals surface area contributed by atoms with Crippen LogP contribution in [0.1, 0.15) is 34.1 Å². The van der Waals surface area contributed by atoms with E-state index in [1.54, 1.807) is 11.8 Å². The van der Waals surface area contributed by atoms with Gasteiger partial charge in [-0.25, -0.2) is 4.99 Å².